The zero-order chi connectivity index (χ0) is 15.2. The summed E-state index contributed by atoms with van der Waals surface area (Å²) in [6.07, 6.45) is 4.69. The van der Waals surface area contributed by atoms with E-state index in [-0.39, 0.29) is 0 Å². The third-order valence-corrected chi connectivity index (χ3v) is 4.22. The van der Waals surface area contributed by atoms with Gasteiger partial charge in [-0.3, -0.25) is 0 Å². The smallest absolute Gasteiger partial charge is 0.122 e. The van der Waals surface area contributed by atoms with Gasteiger partial charge >= 0.3 is 0 Å². The van der Waals surface area contributed by atoms with E-state index in [1.54, 1.807) is 0 Å². The third kappa shape index (κ3) is 5.68. The van der Waals surface area contributed by atoms with E-state index in [9.17, 15) is 5.11 Å². The third-order valence-electron chi connectivity index (χ3n) is 4.22. The first-order valence-corrected chi connectivity index (χ1v) is 8.20. The fraction of sp³-hybridized carbons (Fsp3) is 0.667. The van der Waals surface area contributed by atoms with Crippen LogP contribution in [0.3, 0.4) is 0 Å². The molecule has 1 aliphatic carbocycles. The highest BCUT2D eigenvalue weighted by Crippen LogP contribution is 2.34. The van der Waals surface area contributed by atoms with E-state index in [1.807, 2.05) is 19.9 Å². The van der Waals surface area contributed by atoms with Crippen molar-refractivity contribution in [2.45, 2.75) is 58.6 Å². The Bertz CT molecular complexity index is 443. The van der Waals surface area contributed by atoms with Gasteiger partial charge in [-0.25, -0.2) is 0 Å². The molecule has 0 spiro atoms. The second-order valence-corrected chi connectivity index (χ2v) is 6.43. The Kier molecular flexibility index (Phi) is 6.07. The molecule has 21 heavy (non-hydrogen) atoms. The number of benzene rings is 1. The summed E-state index contributed by atoms with van der Waals surface area (Å²) >= 11 is 0. The molecule has 2 N–H and O–H groups in total. The molecule has 0 heterocycles. The number of hydrogen-bond donors (Lipinski definition) is 2. The molecule has 1 aromatic rings. The fourth-order valence-electron chi connectivity index (χ4n) is 2.56. The van der Waals surface area contributed by atoms with Crippen LogP contribution in [0.25, 0.3) is 0 Å². The Morgan fingerprint density at radius 2 is 2.10 bits per heavy atom. The van der Waals surface area contributed by atoms with Gasteiger partial charge in [0.1, 0.15) is 18.5 Å². The van der Waals surface area contributed by atoms with E-state index in [1.165, 1.54) is 24.8 Å². The van der Waals surface area contributed by atoms with E-state index in [0.29, 0.717) is 19.2 Å². The molecule has 0 saturated heterocycles. The van der Waals surface area contributed by atoms with Crippen LogP contribution >= 0.6 is 0 Å². The number of aliphatic hydroxyl groups excluding tert-OH is 1. The molecule has 2 unspecified atom stereocenters. The lowest BCUT2D eigenvalue weighted by molar-refractivity contribution is 0.102. The first-order valence-electron chi connectivity index (χ1n) is 8.20. The molecule has 118 valence electrons. The number of hydrogen-bond acceptors (Lipinski definition) is 3. The van der Waals surface area contributed by atoms with Crippen LogP contribution in [0.15, 0.2) is 18.2 Å². The van der Waals surface area contributed by atoms with Crippen LogP contribution in [0.2, 0.25) is 0 Å². The average Bonchev–Trinajstić information content (AvgIpc) is 3.28. The molecular weight excluding hydrogens is 262 g/mol. The molecule has 0 amide bonds. The van der Waals surface area contributed by atoms with Crippen molar-refractivity contribution in [1.29, 1.82) is 0 Å². The molecule has 2 rings (SSSR count). The molecule has 0 radical (unpaired) electrons. The quantitative estimate of drug-likeness (QED) is 0.734. The van der Waals surface area contributed by atoms with Gasteiger partial charge in [-0.05, 0) is 49.8 Å². The topological polar surface area (TPSA) is 41.5 Å². The van der Waals surface area contributed by atoms with Gasteiger partial charge in [0.25, 0.3) is 0 Å². The summed E-state index contributed by atoms with van der Waals surface area (Å²) in [7, 11) is 0. The van der Waals surface area contributed by atoms with Gasteiger partial charge in [0, 0.05) is 12.6 Å². The minimum absolute atomic E-state index is 0.344. The summed E-state index contributed by atoms with van der Waals surface area (Å²) in [6.45, 7) is 7.24. The summed E-state index contributed by atoms with van der Waals surface area (Å²) in [4.78, 5) is 0. The van der Waals surface area contributed by atoms with Gasteiger partial charge in [0.05, 0.1) is 0 Å². The minimum Gasteiger partial charge on any atom is -0.491 e. The maximum Gasteiger partial charge on any atom is 0.122 e. The van der Waals surface area contributed by atoms with Crippen LogP contribution in [0.1, 0.15) is 43.7 Å². The predicted octanol–water partition coefficient (Wildman–Crippen LogP) is 3.21. The van der Waals surface area contributed by atoms with Crippen LogP contribution in [0.5, 0.6) is 5.75 Å². The van der Waals surface area contributed by atoms with Crippen LogP contribution in [0.4, 0.5) is 0 Å². The maximum absolute atomic E-state index is 10.1. The van der Waals surface area contributed by atoms with Crippen LogP contribution in [0, 0.1) is 19.8 Å². The predicted molar refractivity (Wildman–Crippen MR) is 86.8 cm³/mol. The Morgan fingerprint density at radius 3 is 2.76 bits per heavy atom. The van der Waals surface area contributed by atoms with Crippen molar-refractivity contribution in [2.24, 2.45) is 5.92 Å². The summed E-state index contributed by atoms with van der Waals surface area (Å²) < 4.78 is 5.75. The van der Waals surface area contributed by atoms with Crippen LogP contribution in [-0.2, 0) is 0 Å². The van der Waals surface area contributed by atoms with Gasteiger partial charge in [-0.15, -0.1) is 0 Å². The molecule has 0 aromatic heterocycles. The highest BCUT2D eigenvalue weighted by Gasteiger charge is 2.24. The molecule has 3 heteroatoms. The first-order chi connectivity index (χ1) is 10.1. The monoisotopic (exact) mass is 291 g/mol. The van der Waals surface area contributed by atoms with Gasteiger partial charge in [-0.1, -0.05) is 31.9 Å². The number of aryl methyl sites for hydroxylation is 2. The molecule has 1 fully saturated rings. The SMILES string of the molecule is CCC(CC1CC1)NCC(O)COc1cc(C)ccc1C. The number of nitrogens with one attached hydrogen (secondary N) is 1. The average molecular weight is 291 g/mol. The van der Waals surface area contributed by atoms with Crippen molar-refractivity contribution in [3.8, 4) is 5.75 Å². The molecule has 0 aliphatic heterocycles. The van der Waals surface area contributed by atoms with Crippen molar-refractivity contribution < 1.29 is 9.84 Å². The van der Waals surface area contributed by atoms with Crippen LogP contribution in [-0.4, -0.2) is 30.4 Å². The Hall–Kier alpha value is -1.06. The summed E-state index contributed by atoms with van der Waals surface area (Å²) in [5.41, 5.74) is 2.29. The summed E-state index contributed by atoms with van der Waals surface area (Å²) in [5.74, 6) is 1.80. The van der Waals surface area contributed by atoms with Gasteiger partial charge < -0.3 is 15.2 Å². The van der Waals surface area contributed by atoms with Gasteiger partial charge in [0.2, 0.25) is 0 Å². The zero-order valence-electron chi connectivity index (χ0n) is 13.6. The molecule has 2 atom stereocenters. The number of aliphatic hydroxyl groups is 1. The van der Waals surface area contributed by atoms with Crippen LogP contribution < -0.4 is 10.1 Å². The summed E-state index contributed by atoms with van der Waals surface area (Å²) in [6, 6.07) is 6.69. The molecule has 1 aromatic carbocycles. The standard InChI is InChI=1S/C18H29NO2/c1-4-16(10-15-7-8-15)19-11-17(20)12-21-18-9-13(2)5-6-14(18)3/h5-6,9,15-17,19-20H,4,7-8,10-12H2,1-3H3. The van der Waals surface area contributed by atoms with E-state index in [0.717, 1.165) is 23.7 Å². The Morgan fingerprint density at radius 1 is 1.33 bits per heavy atom. The fourth-order valence-corrected chi connectivity index (χ4v) is 2.56. The first kappa shape index (κ1) is 16.3. The number of rotatable bonds is 9. The van der Waals surface area contributed by atoms with Gasteiger partial charge in [-0.2, -0.15) is 0 Å². The van der Waals surface area contributed by atoms with E-state index in [2.05, 4.69) is 24.4 Å². The Labute approximate surface area is 128 Å². The Balaban J connectivity index is 1.70. The lowest BCUT2D eigenvalue weighted by Gasteiger charge is -2.20. The van der Waals surface area contributed by atoms with E-state index < -0.39 is 6.10 Å². The largest absolute Gasteiger partial charge is 0.491 e. The number of ether oxygens (including phenoxy) is 1. The van der Waals surface area contributed by atoms with E-state index >= 15 is 0 Å². The maximum atomic E-state index is 10.1. The highest BCUT2D eigenvalue weighted by atomic mass is 16.5. The lowest BCUT2D eigenvalue weighted by atomic mass is 10.1. The van der Waals surface area contributed by atoms with Crippen molar-refractivity contribution in [3.63, 3.8) is 0 Å². The van der Waals surface area contributed by atoms with Crippen molar-refractivity contribution in [2.75, 3.05) is 13.2 Å². The van der Waals surface area contributed by atoms with Crippen molar-refractivity contribution in [3.05, 3.63) is 29.3 Å². The normalized spacial score (nSPS) is 17.5. The van der Waals surface area contributed by atoms with Gasteiger partial charge in [0.15, 0.2) is 0 Å². The summed E-state index contributed by atoms with van der Waals surface area (Å²) in [5, 5.41) is 13.6. The second kappa shape index (κ2) is 7.81. The van der Waals surface area contributed by atoms with E-state index in [4.69, 9.17) is 4.74 Å². The molecule has 1 aliphatic rings. The van der Waals surface area contributed by atoms with Crippen molar-refractivity contribution >= 4 is 0 Å². The molecule has 3 nitrogen and oxygen atoms in total. The van der Waals surface area contributed by atoms with Crippen molar-refractivity contribution in [1.82, 2.24) is 5.32 Å². The lowest BCUT2D eigenvalue weighted by Crippen LogP contribution is -2.38. The molecular formula is C18H29NO2. The second-order valence-electron chi connectivity index (χ2n) is 6.43. The minimum atomic E-state index is -0.460. The molecule has 1 saturated carbocycles. The zero-order valence-corrected chi connectivity index (χ0v) is 13.6. The highest BCUT2D eigenvalue weighted by molar-refractivity contribution is 5.35. The molecule has 0 bridgehead atoms.